The van der Waals surface area contributed by atoms with Gasteiger partial charge in [0.1, 0.15) is 12.4 Å². The van der Waals surface area contributed by atoms with Crippen LogP contribution in [0.4, 0.5) is 0 Å². The second-order valence-electron chi connectivity index (χ2n) is 6.67. The molecule has 1 fully saturated rings. The molecule has 120 valence electrons. The molecule has 0 aromatic heterocycles. The fourth-order valence-electron chi connectivity index (χ4n) is 3.49. The van der Waals surface area contributed by atoms with Crippen LogP contribution in [-0.4, -0.2) is 11.8 Å². The van der Waals surface area contributed by atoms with E-state index >= 15 is 0 Å². The third-order valence-corrected chi connectivity index (χ3v) is 4.51. The van der Waals surface area contributed by atoms with Crippen LogP contribution >= 0.6 is 0 Å². The van der Waals surface area contributed by atoms with Crippen LogP contribution in [0.3, 0.4) is 0 Å². The van der Waals surface area contributed by atoms with Gasteiger partial charge in [0.15, 0.2) is 0 Å². The summed E-state index contributed by atoms with van der Waals surface area (Å²) in [5.41, 5.74) is 0.385. The highest BCUT2D eigenvalue weighted by Gasteiger charge is 2.45. The van der Waals surface area contributed by atoms with Gasteiger partial charge >= 0.3 is 5.97 Å². The van der Waals surface area contributed by atoms with E-state index < -0.39 is 5.41 Å². The summed E-state index contributed by atoms with van der Waals surface area (Å²) in [5.74, 6) is 0.276. The molecule has 0 amide bonds. The summed E-state index contributed by atoms with van der Waals surface area (Å²) < 4.78 is 5.57. The fourth-order valence-corrected chi connectivity index (χ4v) is 3.49. The molecule has 1 saturated carbocycles. The third-order valence-electron chi connectivity index (χ3n) is 4.51. The summed E-state index contributed by atoms with van der Waals surface area (Å²) in [5, 5.41) is 0. The van der Waals surface area contributed by atoms with Gasteiger partial charge in [0.25, 0.3) is 0 Å². The summed E-state index contributed by atoms with van der Waals surface area (Å²) in [4.78, 5) is 24.7. The lowest BCUT2D eigenvalue weighted by Crippen LogP contribution is -2.40. The Bertz CT molecular complexity index is 509. The van der Waals surface area contributed by atoms with Crippen molar-refractivity contribution in [1.82, 2.24) is 0 Å². The average molecular weight is 302 g/mol. The van der Waals surface area contributed by atoms with Gasteiger partial charge in [-0.15, -0.1) is 0 Å². The van der Waals surface area contributed by atoms with Crippen LogP contribution in [-0.2, 0) is 20.9 Å². The summed E-state index contributed by atoms with van der Waals surface area (Å²) in [6, 6.07) is 9.70. The number of benzene rings is 1. The predicted molar refractivity (Wildman–Crippen MR) is 86.2 cm³/mol. The Kier molecular flexibility index (Phi) is 5.76. The van der Waals surface area contributed by atoms with Gasteiger partial charge in [-0.2, -0.15) is 0 Å². The second-order valence-corrected chi connectivity index (χ2v) is 6.67. The van der Waals surface area contributed by atoms with E-state index in [1.54, 1.807) is 0 Å². The highest BCUT2D eigenvalue weighted by atomic mass is 16.5. The first-order valence-electron chi connectivity index (χ1n) is 8.28. The number of esters is 1. The monoisotopic (exact) mass is 302 g/mol. The molecule has 2 rings (SSSR count). The lowest BCUT2D eigenvalue weighted by molar-refractivity contribution is -0.163. The smallest absolute Gasteiger partial charge is 0.312 e. The van der Waals surface area contributed by atoms with Crippen molar-refractivity contribution >= 4 is 11.8 Å². The van der Waals surface area contributed by atoms with Crippen LogP contribution in [0.25, 0.3) is 0 Å². The zero-order valence-electron chi connectivity index (χ0n) is 13.6. The molecule has 2 unspecified atom stereocenters. The Labute approximate surface area is 133 Å². The first-order valence-corrected chi connectivity index (χ1v) is 8.28. The van der Waals surface area contributed by atoms with E-state index in [-0.39, 0.29) is 24.3 Å². The van der Waals surface area contributed by atoms with Crippen molar-refractivity contribution in [2.75, 3.05) is 0 Å². The van der Waals surface area contributed by atoms with Crippen molar-refractivity contribution in [3.63, 3.8) is 0 Å². The molecular weight excluding hydrogens is 276 g/mol. The molecule has 0 N–H and O–H groups in total. The predicted octanol–water partition coefficient (Wildman–Crippen LogP) is 4.30. The van der Waals surface area contributed by atoms with Gasteiger partial charge in [-0.05, 0) is 24.3 Å². The van der Waals surface area contributed by atoms with E-state index in [1.807, 2.05) is 30.3 Å². The normalized spacial score (nSPS) is 25.0. The molecule has 1 aliphatic rings. The number of ether oxygens (including phenoxy) is 1. The molecule has 3 heteroatoms. The zero-order chi connectivity index (χ0) is 16.0. The molecule has 1 aromatic rings. The van der Waals surface area contributed by atoms with E-state index in [2.05, 4.69) is 13.8 Å². The van der Waals surface area contributed by atoms with Gasteiger partial charge in [0.05, 0.1) is 5.41 Å². The largest absolute Gasteiger partial charge is 0.460 e. The molecule has 0 heterocycles. The lowest BCUT2D eigenvalue weighted by atomic mass is 9.67. The summed E-state index contributed by atoms with van der Waals surface area (Å²) >= 11 is 0. The van der Waals surface area contributed by atoms with Gasteiger partial charge in [0, 0.05) is 12.8 Å². The van der Waals surface area contributed by atoms with Crippen molar-refractivity contribution in [2.24, 2.45) is 11.3 Å². The standard InChI is InChI=1S/C19H26O3/c1-3-4-10-19(12-15(2)11-17(20)13-19)18(21)22-14-16-8-6-5-7-9-16/h5-9,15H,3-4,10-14H2,1-2H3. The molecule has 0 saturated heterocycles. The molecule has 0 radical (unpaired) electrons. The van der Waals surface area contributed by atoms with Crippen molar-refractivity contribution in [3.8, 4) is 0 Å². The van der Waals surface area contributed by atoms with Crippen molar-refractivity contribution in [1.29, 1.82) is 0 Å². The molecule has 1 aliphatic carbocycles. The van der Waals surface area contributed by atoms with E-state index in [0.717, 1.165) is 31.2 Å². The van der Waals surface area contributed by atoms with Crippen molar-refractivity contribution in [3.05, 3.63) is 35.9 Å². The Balaban J connectivity index is 2.07. The van der Waals surface area contributed by atoms with Crippen molar-refractivity contribution in [2.45, 2.75) is 59.0 Å². The Morgan fingerprint density at radius 3 is 2.68 bits per heavy atom. The number of carbonyl (C=O) groups excluding carboxylic acids is 2. The van der Waals surface area contributed by atoms with Gasteiger partial charge < -0.3 is 4.74 Å². The van der Waals surface area contributed by atoms with Crippen LogP contribution in [0.15, 0.2) is 30.3 Å². The zero-order valence-corrected chi connectivity index (χ0v) is 13.6. The van der Waals surface area contributed by atoms with Gasteiger partial charge in [-0.3, -0.25) is 9.59 Å². The highest BCUT2D eigenvalue weighted by Crippen LogP contribution is 2.43. The highest BCUT2D eigenvalue weighted by molar-refractivity contribution is 5.88. The van der Waals surface area contributed by atoms with Crippen LogP contribution in [0, 0.1) is 11.3 Å². The number of rotatable bonds is 6. The van der Waals surface area contributed by atoms with E-state index in [0.29, 0.717) is 12.8 Å². The minimum absolute atomic E-state index is 0.190. The maximum absolute atomic E-state index is 12.7. The van der Waals surface area contributed by atoms with Gasteiger partial charge in [0.2, 0.25) is 0 Å². The fraction of sp³-hybridized carbons (Fsp3) is 0.579. The number of unbranched alkanes of at least 4 members (excludes halogenated alkanes) is 1. The number of Topliss-reactive ketones (excluding diaryl/α,β-unsaturated/α-hetero) is 1. The second kappa shape index (κ2) is 7.57. The molecule has 22 heavy (non-hydrogen) atoms. The quantitative estimate of drug-likeness (QED) is 0.736. The van der Waals surface area contributed by atoms with Crippen LogP contribution in [0.2, 0.25) is 0 Å². The molecular formula is C19H26O3. The number of carbonyl (C=O) groups is 2. The average Bonchev–Trinajstić information content (AvgIpc) is 2.50. The Morgan fingerprint density at radius 2 is 2.05 bits per heavy atom. The maximum Gasteiger partial charge on any atom is 0.312 e. The van der Waals surface area contributed by atoms with E-state index in [4.69, 9.17) is 4.74 Å². The van der Waals surface area contributed by atoms with Crippen LogP contribution in [0.5, 0.6) is 0 Å². The first-order chi connectivity index (χ1) is 10.6. The van der Waals surface area contributed by atoms with Crippen LogP contribution < -0.4 is 0 Å². The Morgan fingerprint density at radius 1 is 1.32 bits per heavy atom. The lowest BCUT2D eigenvalue weighted by Gasteiger charge is -2.37. The maximum atomic E-state index is 12.7. The number of hydrogen-bond donors (Lipinski definition) is 0. The third kappa shape index (κ3) is 4.19. The van der Waals surface area contributed by atoms with Crippen molar-refractivity contribution < 1.29 is 14.3 Å². The molecule has 0 spiro atoms. The molecule has 0 bridgehead atoms. The van der Waals surface area contributed by atoms with Gasteiger partial charge in [-0.1, -0.05) is 57.0 Å². The molecule has 2 atom stereocenters. The molecule has 1 aromatic carbocycles. The Hall–Kier alpha value is -1.64. The van der Waals surface area contributed by atoms with Crippen LogP contribution in [0.1, 0.15) is 57.9 Å². The SMILES string of the molecule is CCCCC1(C(=O)OCc2ccccc2)CC(=O)CC(C)C1. The van der Waals surface area contributed by atoms with E-state index in [1.165, 1.54) is 0 Å². The van der Waals surface area contributed by atoms with E-state index in [9.17, 15) is 9.59 Å². The topological polar surface area (TPSA) is 43.4 Å². The van der Waals surface area contributed by atoms with Gasteiger partial charge in [-0.25, -0.2) is 0 Å². The minimum atomic E-state index is -0.598. The minimum Gasteiger partial charge on any atom is -0.460 e. The first kappa shape index (κ1) is 16.7. The summed E-state index contributed by atoms with van der Waals surface area (Å²) in [6.45, 7) is 4.45. The summed E-state index contributed by atoms with van der Waals surface area (Å²) in [7, 11) is 0. The number of hydrogen-bond acceptors (Lipinski definition) is 3. The number of ketones is 1. The molecule has 3 nitrogen and oxygen atoms in total. The summed E-state index contributed by atoms with van der Waals surface area (Å²) in [6.07, 6.45) is 4.46. The molecule has 0 aliphatic heterocycles.